The lowest BCUT2D eigenvalue weighted by Crippen LogP contribution is -2.25. The van der Waals surface area contributed by atoms with Crippen molar-refractivity contribution in [3.63, 3.8) is 0 Å². The molecule has 1 saturated heterocycles. The van der Waals surface area contributed by atoms with Crippen molar-refractivity contribution in [2.45, 2.75) is 50.5 Å². The molecule has 0 radical (unpaired) electrons. The van der Waals surface area contributed by atoms with Crippen LogP contribution in [0.25, 0.3) is 11.0 Å². The van der Waals surface area contributed by atoms with E-state index in [0.29, 0.717) is 5.92 Å². The molecule has 6 heteroatoms. The first-order valence-electron chi connectivity index (χ1n) is 8.04. The molecule has 3 rings (SSSR count). The molecule has 1 aliphatic heterocycles. The van der Waals surface area contributed by atoms with Crippen LogP contribution in [0.2, 0.25) is 0 Å². The van der Waals surface area contributed by atoms with Crippen molar-refractivity contribution in [3.8, 4) is 0 Å². The van der Waals surface area contributed by atoms with Gasteiger partial charge >= 0.3 is 0 Å². The second-order valence-corrected chi connectivity index (χ2v) is 8.18. The molecule has 1 aliphatic rings. The smallest absolute Gasteiger partial charge is 0.115 e. The van der Waals surface area contributed by atoms with Crippen LogP contribution in [0.3, 0.4) is 0 Å². The fourth-order valence-electron chi connectivity index (χ4n) is 3.16. The highest BCUT2D eigenvalue weighted by atomic mass is 32.2. The Morgan fingerprint density at radius 1 is 1.35 bits per heavy atom. The van der Waals surface area contributed by atoms with Gasteiger partial charge in [-0.25, -0.2) is 4.98 Å². The topological polar surface area (TPSA) is 67.2 Å². The molecule has 0 amide bonds. The van der Waals surface area contributed by atoms with Crippen molar-refractivity contribution in [2.75, 3.05) is 13.2 Å². The zero-order chi connectivity index (χ0) is 16.6. The van der Waals surface area contributed by atoms with Gasteiger partial charge in [0, 0.05) is 30.1 Å². The van der Waals surface area contributed by atoms with Gasteiger partial charge in [-0.1, -0.05) is 20.8 Å². The standard InChI is InChI=1S/C17H24N2O3S/c1-17(2,3)16-18-14-10-13(23(20)21)4-5-15(14)19(16)11-12-6-8-22-9-7-12/h4-5,10,12H,6-9,11H2,1-3H3,(H,20,21)/p-1. The molecule has 5 nitrogen and oxygen atoms in total. The van der Waals surface area contributed by atoms with Gasteiger partial charge in [-0.15, -0.1) is 0 Å². The lowest BCUT2D eigenvalue weighted by Gasteiger charge is -2.26. The molecule has 2 heterocycles. The van der Waals surface area contributed by atoms with Crippen molar-refractivity contribution in [1.82, 2.24) is 9.55 Å². The Hall–Kier alpha value is -1.24. The molecule has 1 atom stereocenters. The third-order valence-electron chi connectivity index (χ3n) is 4.36. The van der Waals surface area contributed by atoms with E-state index >= 15 is 0 Å². The quantitative estimate of drug-likeness (QED) is 0.809. The molecule has 0 spiro atoms. The number of ether oxygens (including phenoxy) is 1. The number of imidazole rings is 1. The summed E-state index contributed by atoms with van der Waals surface area (Å²) in [4.78, 5) is 5.04. The second kappa shape index (κ2) is 6.34. The highest BCUT2D eigenvalue weighted by Crippen LogP contribution is 2.30. The molecular formula is C17H23N2O3S-. The van der Waals surface area contributed by atoms with Crippen LogP contribution in [-0.2, 0) is 27.8 Å². The molecule has 1 unspecified atom stereocenters. The fraction of sp³-hybridized carbons (Fsp3) is 0.588. The van der Waals surface area contributed by atoms with Gasteiger partial charge in [0.25, 0.3) is 0 Å². The summed E-state index contributed by atoms with van der Waals surface area (Å²) in [7, 11) is 0. The zero-order valence-electron chi connectivity index (χ0n) is 13.9. The molecule has 1 aromatic heterocycles. The summed E-state index contributed by atoms with van der Waals surface area (Å²) >= 11 is -2.23. The summed E-state index contributed by atoms with van der Waals surface area (Å²) in [6.07, 6.45) is 2.12. The van der Waals surface area contributed by atoms with Crippen molar-refractivity contribution >= 4 is 22.1 Å². The highest BCUT2D eigenvalue weighted by Gasteiger charge is 2.25. The van der Waals surface area contributed by atoms with E-state index in [1.807, 2.05) is 6.07 Å². The van der Waals surface area contributed by atoms with E-state index in [9.17, 15) is 8.76 Å². The summed E-state index contributed by atoms with van der Waals surface area (Å²) in [5, 5.41) is 0. The lowest BCUT2D eigenvalue weighted by atomic mass is 9.94. The van der Waals surface area contributed by atoms with E-state index in [4.69, 9.17) is 9.72 Å². The predicted molar refractivity (Wildman–Crippen MR) is 89.2 cm³/mol. The van der Waals surface area contributed by atoms with Crippen LogP contribution < -0.4 is 0 Å². The second-order valence-electron chi connectivity index (χ2n) is 7.24. The van der Waals surface area contributed by atoms with Gasteiger partial charge in [0.15, 0.2) is 0 Å². The zero-order valence-corrected chi connectivity index (χ0v) is 14.7. The first-order valence-corrected chi connectivity index (χ1v) is 9.11. The van der Waals surface area contributed by atoms with Crippen molar-refractivity contribution in [1.29, 1.82) is 0 Å². The van der Waals surface area contributed by atoms with Gasteiger partial charge in [0.1, 0.15) is 5.82 Å². The molecular weight excluding hydrogens is 312 g/mol. The van der Waals surface area contributed by atoms with Crippen LogP contribution >= 0.6 is 0 Å². The summed E-state index contributed by atoms with van der Waals surface area (Å²) in [5.41, 5.74) is 1.67. The maximum Gasteiger partial charge on any atom is 0.115 e. The van der Waals surface area contributed by atoms with Gasteiger partial charge in [0.2, 0.25) is 0 Å². The van der Waals surface area contributed by atoms with Crippen LogP contribution in [0.5, 0.6) is 0 Å². The van der Waals surface area contributed by atoms with Crippen molar-refractivity contribution in [3.05, 3.63) is 24.0 Å². The highest BCUT2D eigenvalue weighted by molar-refractivity contribution is 7.79. The monoisotopic (exact) mass is 335 g/mol. The number of rotatable bonds is 3. The Balaban J connectivity index is 2.06. The molecule has 0 bridgehead atoms. The number of aromatic nitrogens is 2. The minimum atomic E-state index is -2.23. The van der Waals surface area contributed by atoms with Crippen molar-refractivity contribution in [2.24, 2.45) is 5.92 Å². The molecule has 23 heavy (non-hydrogen) atoms. The molecule has 126 valence electrons. The Morgan fingerprint density at radius 3 is 2.65 bits per heavy atom. The third-order valence-corrected chi connectivity index (χ3v) is 5.00. The maximum atomic E-state index is 11.2. The molecule has 2 aromatic rings. The normalized spacial score (nSPS) is 18.4. The largest absolute Gasteiger partial charge is 0.768 e. The third kappa shape index (κ3) is 3.49. The van der Waals surface area contributed by atoms with Crippen LogP contribution in [0.4, 0.5) is 0 Å². The Morgan fingerprint density at radius 2 is 2.04 bits per heavy atom. The van der Waals surface area contributed by atoms with Gasteiger partial charge in [-0.2, -0.15) is 0 Å². The number of fused-ring (bicyclic) bond motifs is 1. The summed E-state index contributed by atoms with van der Waals surface area (Å²) in [6.45, 7) is 8.97. The van der Waals surface area contributed by atoms with E-state index in [1.54, 1.807) is 12.1 Å². The van der Waals surface area contributed by atoms with Gasteiger partial charge < -0.3 is 13.9 Å². The Labute approximate surface area is 139 Å². The minimum Gasteiger partial charge on any atom is -0.768 e. The lowest BCUT2D eigenvalue weighted by molar-refractivity contribution is 0.0611. The van der Waals surface area contributed by atoms with E-state index in [-0.39, 0.29) is 10.3 Å². The SMILES string of the molecule is CC(C)(C)c1nc2cc(S(=O)[O-])ccc2n1CC1CCOCC1. The Kier molecular flexibility index (Phi) is 4.58. The summed E-state index contributed by atoms with van der Waals surface area (Å²) < 4.78 is 30.1. The Bertz CT molecular complexity index is 727. The first kappa shape index (κ1) is 16.6. The average molecular weight is 335 g/mol. The number of nitrogens with zero attached hydrogens (tertiary/aromatic N) is 2. The molecule has 0 N–H and O–H groups in total. The van der Waals surface area contributed by atoms with Gasteiger partial charge in [-0.3, -0.25) is 4.21 Å². The van der Waals surface area contributed by atoms with E-state index in [0.717, 1.165) is 49.5 Å². The van der Waals surface area contributed by atoms with Crippen LogP contribution in [0.15, 0.2) is 23.1 Å². The van der Waals surface area contributed by atoms with Crippen LogP contribution in [0.1, 0.15) is 39.4 Å². The number of hydrogen-bond donors (Lipinski definition) is 0. The maximum absolute atomic E-state index is 11.2. The summed E-state index contributed by atoms with van der Waals surface area (Å²) in [6, 6.07) is 5.19. The van der Waals surface area contributed by atoms with Crippen LogP contribution in [-0.4, -0.2) is 31.5 Å². The molecule has 1 fully saturated rings. The van der Waals surface area contributed by atoms with Gasteiger partial charge in [0.05, 0.1) is 11.0 Å². The van der Waals surface area contributed by atoms with Crippen LogP contribution in [0, 0.1) is 5.92 Å². The van der Waals surface area contributed by atoms with Crippen molar-refractivity contribution < 1.29 is 13.5 Å². The molecule has 0 saturated carbocycles. The van der Waals surface area contributed by atoms with E-state index in [1.165, 1.54) is 0 Å². The molecule has 0 aliphatic carbocycles. The number of benzene rings is 1. The van der Waals surface area contributed by atoms with E-state index < -0.39 is 11.1 Å². The average Bonchev–Trinajstić information content (AvgIpc) is 2.86. The predicted octanol–water partition coefficient (Wildman–Crippen LogP) is 3.00. The molecule has 1 aromatic carbocycles. The van der Waals surface area contributed by atoms with Gasteiger partial charge in [-0.05, 0) is 48.0 Å². The minimum absolute atomic E-state index is 0.0963. The summed E-state index contributed by atoms with van der Waals surface area (Å²) in [5.74, 6) is 1.59. The van der Waals surface area contributed by atoms with E-state index in [2.05, 4.69) is 25.3 Å². The number of hydrogen-bond acceptors (Lipinski definition) is 4. The first-order chi connectivity index (χ1) is 10.9. The fourth-order valence-corrected chi connectivity index (χ4v) is 3.54.